The molecule has 0 atom stereocenters. The van der Waals surface area contributed by atoms with Crippen LogP contribution < -0.4 is 0 Å². The summed E-state index contributed by atoms with van der Waals surface area (Å²) >= 11 is 0. The van der Waals surface area contributed by atoms with Crippen LogP contribution in [0.25, 0.3) is 0 Å². The van der Waals surface area contributed by atoms with Gasteiger partial charge in [0.25, 0.3) is 0 Å². The van der Waals surface area contributed by atoms with Gasteiger partial charge in [0.2, 0.25) is 0 Å². The first-order valence-corrected chi connectivity index (χ1v) is 5.98. The molecule has 100 valence electrons. The fourth-order valence-corrected chi connectivity index (χ4v) is 1.77. The predicted molar refractivity (Wildman–Crippen MR) is 66.7 cm³/mol. The summed E-state index contributed by atoms with van der Waals surface area (Å²) in [6.45, 7) is 2.02. The Bertz CT molecular complexity index is 336. The van der Waals surface area contributed by atoms with Crippen LogP contribution >= 0.6 is 0 Å². The third kappa shape index (κ3) is 4.24. The van der Waals surface area contributed by atoms with Gasteiger partial charge in [-0.2, -0.15) is 0 Å². The summed E-state index contributed by atoms with van der Waals surface area (Å²) < 4.78 is 9.04. The van der Waals surface area contributed by atoms with Crippen LogP contribution in [0.4, 0.5) is 0 Å². The largest absolute Gasteiger partial charge is 0.465 e. The molecular weight excluding hydrogens is 234 g/mol. The van der Waals surface area contributed by atoms with Crippen molar-refractivity contribution in [3.63, 3.8) is 0 Å². The molecule has 0 aromatic rings. The highest BCUT2D eigenvalue weighted by Gasteiger charge is 2.18. The summed E-state index contributed by atoms with van der Waals surface area (Å²) in [5.41, 5.74) is -0.103. The van der Waals surface area contributed by atoms with Gasteiger partial charge in [-0.05, 0) is 37.6 Å². The third-order valence-electron chi connectivity index (χ3n) is 2.76. The molecule has 5 heteroatoms. The van der Waals surface area contributed by atoms with Crippen molar-refractivity contribution in [3.05, 3.63) is 23.9 Å². The molecule has 18 heavy (non-hydrogen) atoms. The van der Waals surface area contributed by atoms with Gasteiger partial charge in [0, 0.05) is 13.1 Å². The Kier molecular flexibility index (Phi) is 5.97. The zero-order valence-corrected chi connectivity index (χ0v) is 10.8. The molecule has 0 bridgehead atoms. The van der Waals surface area contributed by atoms with E-state index in [0.717, 1.165) is 13.1 Å². The Balaban J connectivity index is 2.66. The van der Waals surface area contributed by atoms with Gasteiger partial charge in [-0.15, -0.1) is 0 Å². The lowest BCUT2D eigenvalue weighted by Crippen LogP contribution is -2.24. The Labute approximate surface area is 107 Å². The number of likely N-dealkylation sites (tertiary alicyclic amines) is 1. The second-order valence-electron chi connectivity index (χ2n) is 4.00. The second-order valence-corrected chi connectivity index (χ2v) is 4.00. The maximum Gasteiger partial charge on any atom is 0.345 e. The molecule has 0 saturated carbocycles. The van der Waals surface area contributed by atoms with E-state index in [1.165, 1.54) is 39.6 Å². The minimum absolute atomic E-state index is 0.103. The topological polar surface area (TPSA) is 55.8 Å². The Hall–Kier alpha value is -1.78. The number of ether oxygens (including phenoxy) is 2. The zero-order chi connectivity index (χ0) is 13.4. The van der Waals surface area contributed by atoms with Crippen molar-refractivity contribution in [1.82, 2.24) is 4.90 Å². The number of piperidine rings is 1. The van der Waals surface area contributed by atoms with Gasteiger partial charge in [-0.25, -0.2) is 9.59 Å². The van der Waals surface area contributed by atoms with E-state index in [2.05, 4.69) is 14.4 Å². The van der Waals surface area contributed by atoms with E-state index in [4.69, 9.17) is 0 Å². The molecule has 1 fully saturated rings. The molecule has 1 saturated heterocycles. The number of nitrogens with zero attached hydrogens (tertiary/aromatic N) is 1. The molecule has 1 aliphatic rings. The lowest BCUT2D eigenvalue weighted by molar-refractivity contribution is -0.144. The van der Waals surface area contributed by atoms with Crippen molar-refractivity contribution in [1.29, 1.82) is 0 Å². The third-order valence-corrected chi connectivity index (χ3v) is 2.76. The molecule has 0 amide bonds. The molecule has 1 heterocycles. The number of hydrogen-bond donors (Lipinski definition) is 0. The van der Waals surface area contributed by atoms with Crippen molar-refractivity contribution < 1.29 is 19.1 Å². The van der Waals surface area contributed by atoms with Crippen molar-refractivity contribution >= 4 is 11.9 Å². The van der Waals surface area contributed by atoms with Crippen molar-refractivity contribution in [3.8, 4) is 0 Å². The van der Waals surface area contributed by atoms with E-state index in [1.54, 1.807) is 6.08 Å². The molecule has 0 aromatic carbocycles. The standard InChI is InChI=1S/C13H19NO4/c1-17-12(15)11(13(16)18-2)7-6-10-14-8-4-3-5-9-14/h6-7,10H,3-5,8-9H2,1-2H3/b10-6-. The summed E-state index contributed by atoms with van der Waals surface area (Å²) in [5, 5.41) is 0. The zero-order valence-electron chi connectivity index (χ0n) is 10.8. The summed E-state index contributed by atoms with van der Waals surface area (Å²) in [4.78, 5) is 24.9. The molecule has 0 N–H and O–H groups in total. The number of carbonyl (C=O) groups excluding carboxylic acids is 2. The first-order chi connectivity index (χ1) is 8.69. The fourth-order valence-electron chi connectivity index (χ4n) is 1.77. The SMILES string of the molecule is COC(=O)C(=C/C=C\N1CCCCC1)C(=O)OC. The minimum Gasteiger partial charge on any atom is -0.465 e. The van der Waals surface area contributed by atoms with E-state index in [1.807, 2.05) is 6.20 Å². The summed E-state index contributed by atoms with van der Waals surface area (Å²) in [6, 6.07) is 0. The van der Waals surface area contributed by atoms with E-state index >= 15 is 0 Å². The molecule has 1 rings (SSSR count). The van der Waals surface area contributed by atoms with E-state index < -0.39 is 11.9 Å². The molecule has 0 aliphatic carbocycles. The molecule has 0 unspecified atom stereocenters. The van der Waals surface area contributed by atoms with Crippen LogP contribution in [0.5, 0.6) is 0 Å². The summed E-state index contributed by atoms with van der Waals surface area (Å²) in [7, 11) is 2.46. The molecule has 5 nitrogen and oxygen atoms in total. The van der Waals surface area contributed by atoms with Gasteiger partial charge in [-0.3, -0.25) is 0 Å². The van der Waals surface area contributed by atoms with Crippen LogP contribution in [0.3, 0.4) is 0 Å². The number of esters is 2. The first kappa shape index (κ1) is 14.3. The smallest absolute Gasteiger partial charge is 0.345 e. The van der Waals surface area contributed by atoms with E-state index in [9.17, 15) is 9.59 Å². The lowest BCUT2D eigenvalue weighted by Gasteiger charge is -2.24. The van der Waals surface area contributed by atoms with Crippen molar-refractivity contribution in [2.24, 2.45) is 0 Å². The van der Waals surface area contributed by atoms with Crippen LogP contribution in [0.15, 0.2) is 23.9 Å². The maximum atomic E-state index is 11.4. The highest BCUT2D eigenvalue weighted by Crippen LogP contribution is 2.09. The number of rotatable bonds is 4. The van der Waals surface area contributed by atoms with E-state index in [-0.39, 0.29) is 5.57 Å². The first-order valence-electron chi connectivity index (χ1n) is 5.98. The molecule has 0 radical (unpaired) electrons. The number of allylic oxidation sites excluding steroid dienone is 2. The van der Waals surface area contributed by atoms with Crippen LogP contribution in [-0.2, 0) is 19.1 Å². The quantitative estimate of drug-likeness (QED) is 0.248. The fraction of sp³-hybridized carbons (Fsp3) is 0.538. The predicted octanol–water partition coefficient (Wildman–Crippen LogP) is 1.26. The molecule has 0 aromatic heterocycles. The average molecular weight is 253 g/mol. The lowest BCUT2D eigenvalue weighted by atomic mass is 10.1. The van der Waals surface area contributed by atoms with Crippen LogP contribution in [-0.4, -0.2) is 44.1 Å². The van der Waals surface area contributed by atoms with Gasteiger partial charge >= 0.3 is 11.9 Å². The highest BCUT2D eigenvalue weighted by atomic mass is 16.5. The second kappa shape index (κ2) is 7.53. The molecule has 1 aliphatic heterocycles. The Morgan fingerprint density at radius 2 is 1.56 bits per heavy atom. The van der Waals surface area contributed by atoms with Gasteiger partial charge in [0.15, 0.2) is 0 Å². The van der Waals surface area contributed by atoms with Crippen LogP contribution in [0.1, 0.15) is 19.3 Å². The molecule has 0 spiro atoms. The average Bonchev–Trinajstić information content (AvgIpc) is 2.43. The normalized spacial score (nSPS) is 15.3. The molecular formula is C13H19NO4. The number of carbonyl (C=O) groups is 2. The van der Waals surface area contributed by atoms with Crippen LogP contribution in [0.2, 0.25) is 0 Å². The van der Waals surface area contributed by atoms with Gasteiger partial charge in [0.05, 0.1) is 14.2 Å². The number of hydrogen-bond acceptors (Lipinski definition) is 5. The Morgan fingerprint density at radius 1 is 1.00 bits per heavy atom. The number of methoxy groups -OCH3 is 2. The van der Waals surface area contributed by atoms with Crippen molar-refractivity contribution in [2.75, 3.05) is 27.3 Å². The monoisotopic (exact) mass is 253 g/mol. The van der Waals surface area contributed by atoms with Gasteiger partial charge in [0.1, 0.15) is 5.57 Å². The minimum atomic E-state index is -0.690. The van der Waals surface area contributed by atoms with Gasteiger partial charge in [-0.1, -0.05) is 0 Å². The van der Waals surface area contributed by atoms with E-state index in [0.29, 0.717) is 0 Å². The van der Waals surface area contributed by atoms with Gasteiger partial charge < -0.3 is 14.4 Å². The maximum absolute atomic E-state index is 11.4. The summed E-state index contributed by atoms with van der Waals surface area (Å²) in [5.74, 6) is -1.38. The Morgan fingerprint density at radius 3 is 2.06 bits per heavy atom. The summed E-state index contributed by atoms with van der Waals surface area (Å²) in [6.07, 6.45) is 8.59. The van der Waals surface area contributed by atoms with Crippen molar-refractivity contribution in [2.45, 2.75) is 19.3 Å². The highest BCUT2D eigenvalue weighted by molar-refractivity contribution is 6.14. The van der Waals surface area contributed by atoms with Crippen LogP contribution in [0, 0.1) is 0 Å².